The third-order valence-electron chi connectivity index (χ3n) is 3.76. The Labute approximate surface area is 123 Å². The lowest BCUT2D eigenvalue weighted by molar-refractivity contribution is -0.130. The topological polar surface area (TPSA) is 58.2 Å². The van der Waals surface area contributed by atoms with Crippen LogP contribution in [0, 0.1) is 5.92 Å². The molecular formula is C15H20N2O2S. The Morgan fingerprint density at radius 3 is 2.65 bits per heavy atom. The van der Waals surface area contributed by atoms with Gasteiger partial charge in [-0.15, -0.1) is 0 Å². The number of likely N-dealkylation sites (N-methyl/N-ethyl adjacent to an activating group) is 1. The van der Waals surface area contributed by atoms with Crippen LogP contribution in [0.3, 0.4) is 0 Å². The van der Waals surface area contributed by atoms with Crippen molar-refractivity contribution in [2.24, 2.45) is 5.92 Å². The Morgan fingerprint density at radius 1 is 1.40 bits per heavy atom. The number of carbonyl (C=O) groups is 2. The number of thioether (sulfide) groups is 1. The Bertz CT molecular complexity index is 462. The normalized spacial score (nSPS) is 17.2. The summed E-state index contributed by atoms with van der Waals surface area (Å²) < 4.78 is 0. The minimum Gasteiger partial charge on any atom is -0.305 e. The van der Waals surface area contributed by atoms with E-state index in [1.54, 1.807) is 18.8 Å². The molecule has 0 aliphatic heterocycles. The molecule has 1 fully saturated rings. The number of amides is 2. The summed E-state index contributed by atoms with van der Waals surface area (Å²) in [7, 11) is 1.80. The lowest BCUT2D eigenvalue weighted by atomic mass is 9.94. The highest BCUT2D eigenvalue weighted by atomic mass is 32.2. The molecule has 1 saturated carbocycles. The Balaban J connectivity index is 1.97. The van der Waals surface area contributed by atoms with Crippen molar-refractivity contribution in [1.29, 1.82) is 0 Å². The molecule has 1 atom stereocenters. The van der Waals surface area contributed by atoms with Gasteiger partial charge in [0.2, 0.25) is 12.3 Å². The first-order valence-electron chi connectivity index (χ1n) is 6.78. The van der Waals surface area contributed by atoms with Crippen molar-refractivity contribution >= 4 is 24.1 Å². The highest BCUT2D eigenvalue weighted by molar-refractivity contribution is 7.98. The van der Waals surface area contributed by atoms with E-state index in [1.807, 2.05) is 18.2 Å². The van der Waals surface area contributed by atoms with Crippen molar-refractivity contribution in [3.63, 3.8) is 0 Å². The zero-order valence-corrected chi connectivity index (χ0v) is 12.4. The van der Waals surface area contributed by atoms with Gasteiger partial charge in [-0.3, -0.25) is 14.9 Å². The minimum absolute atomic E-state index is 0.210. The second kappa shape index (κ2) is 6.90. The summed E-state index contributed by atoms with van der Waals surface area (Å²) >= 11 is 1.72. The standard InChI is InChI=1S/C15H20N2O2S/c1-16-15(13-7-8-13,14(19)17-11-18)10-20-9-12-5-3-2-4-6-12/h2-6,11,13,16H,7-10H2,1H3,(H,17,18,19). The Kier molecular flexibility index (Phi) is 5.20. The predicted molar refractivity (Wildman–Crippen MR) is 81.3 cm³/mol. The van der Waals surface area contributed by atoms with Crippen LogP contribution in [-0.4, -0.2) is 30.7 Å². The van der Waals surface area contributed by atoms with E-state index in [0.29, 0.717) is 18.1 Å². The molecule has 1 unspecified atom stereocenters. The molecule has 0 spiro atoms. The first kappa shape index (κ1) is 15.1. The van der Waals surface area contributed by atoms with Crippen LogP contribution in [0.5, 0.6) is 0 Å². The summed E-state index contributed by atoms with van der Waals surface area (Å²) in [4.78, 5) is 22.8. The molecule has 5 heteroatoms. The average Bonchev–Trinajstić information content (AvgIpc) is 3.30. The quantitative estimate of drug-likeness (QED) is 0.714. The van der Waals surface area contributed by atoms with Gasteiger partial charge in [-0.25, -0.2) is 0 Å². The zero-order valence-electron chi connectivity index (χ0n) is 11.6. The summed E-state index contributed by atoms with van der Waals surface area (Å²) in [5, 5.41) is 5.47. The molecule has 2 N–H and O–H groups in total. The monoisotopic (exact) mass is 292 g/mol. The van der Waals surface area contributed by atoms with Crippen molar-refractivity contribution in [1.82, 2.24) is 10.6 Å². The molecular weight excluding hydrogens is 272 g/mol. The molecule has 0 radical (unpaired) electrons. The van der Waals surface area contributed by atoms with Crippen molar-refractivity contribution in [2.45, 2.75) is 24.1 Å². The summed E-state index contributed by atoms with van der Waals surface area (Å²) in [6.45, 7) is 0. The number of benzene rings is 1. The van der Waals surface area contributed by atoms with Crippen LogP contribution in [0.2, 0.25) is 0 Å². The van der Waals surface area contributed by atoms with Gasteiger partial charge in [-0.05, 0) is 31.4 Å². The molecule has 1 aromatic rings. The van der Waals surface area contributed by atoms with E-state index in [9.17, 15) is 9.59 Å². The van der Waals surface area contributed by atoms with E-state index in [0.717, 1.165) is 18.6 Å². The fourth-order valence-electron chi connectivity index (χ4n) is 2.42. The van der Waals surface area contributed by atoms with Gasteiger partial charge >= 0.3 is 0 Å². The molecule has 0 aromatic heterocycles. The maximum absolute atomic E-state index is 12.2. The lowest BCUT2D eigenvalue weighted by Gasteiger charge is -2.31. The third-order valence-corrected chi connectivity index (χ3v) is 4.95. The van der Waals surface area contributed by atoms with Gasteiger partial charge in [0.05, 0.1) is 0 Å². The van der Waals surface area contributed by atoms with E-state index < -0.39 is 5.54 Å². The van der Waals surface area contributed by atoms with Crippen LogP contribution in [0.4, 0.5) is 0 Å². The fourth-order valence-corrected chi connectivity index (χ4v) is 3.78. The van der Waals surface area contributed by atoms with Gasteiger partial charge in [0.25, 0.3) is 0 Å². The van der Waals surface area contributed by atoms with Crippen molar-refractivity contribution < 1.29 is 9.59 Å². The second-order valence-corrected chi connectivity index (χ2v) is 6.05. The van der Waals surface area contributed by atoms with E-state index >= 15 is 0 Å². The van der Waals surface area contributed by atoms with Crippen molar-refractivity contribution in [3.05, 3.63) is 35.9 Å². The number of hydrogen-bond donors (Lipinski definition) is 2. The Morgan fingerprint density at radius 2 is 2.10 bits per heavy atom. The first-order valence-corrected chi connectivity index (χ1v) is 7.93. The molecule has 1 aliphatic carbocycles. The summed E-state index contributed by atoms with van der Waals surface area (Å²) in [5.74, 6) is 1.66. The molecule has 2 amide bonds. The third kappa shape index (κ3) is 3.41. The molecule has 0 bridgehead atoms. The smallest absolute Gasteiger partial charge is 0.247 e. The summed E-state index contributed by atoms with van der Waals surface area (Å²) in [5.41, 5.74) is 0.620. The van der Waals surface area contributed by atoms with Gasteiger partial charge in [0, 0.05) is 11.5 Å². The fraction of sp³-hybridized carbons (Fsp3) is 0.467. The van der Waals surface area contributed by atoms with E-state index in [2.05, 4.69) is 22.8 Å². The summed E-state index contributed by atoms with van der Waals surface area (Å²) in [6.07, 6.45) is 2.55. The first-order chi connectivity index (χ1) is 9.73. The molecule has 108 valence electrons. The number of hydrogen-bond acceptors (Lipinski definition) is 4. The van der Waals surface area contributed by atoms with E-state index in [-0.39, 0.29) is 5.91 Å². The highest BCUT2D eigenvalue weighted by Crippen LogP contribution is 2.41. The molecule has 4 nitrogen and oxygen atoms in total. The maximum Gasteiger partial charge on any atom is 0.247 e. The SMILES string of the molecule is CNC(CSCc1ccccc1)(C(=O)NC=O)C1CC1. The van der Waals surface area contributed by atoms with Crippen LogP contribution in [0.25, 0.3) is 0 Å². The number of imide groups is 1. The van der Waals surface area contributed by atoms with E-state index in [1.165, 1.54) is 5.56 Å². The molecule has 0 heterocycles. The van der Waals surface area contributed by atoms with Gasteiger partial charge in [-0.1, -0.05) is 30.3 Å². The largest absolute Gasteiger partial charge is 0.305 e. The Hall–Kier alpha value is -1.33. The van der Waals surface area contributed by atoms with Crippen LogP contribution in [0.1, 0.15) is 18.4 Å². The van der Waals surface area contributed by atoms with Gasteiger partial charge in [-0.2, -0.15) is 11.8 Å². The van der Waals surface area contributed by atoms with Crippen molar-refractivity contribution in [2.75, 3.05) is 12.8 Å². The van der Waals surface area contributed by atoms with Crippen LogP contribution < -0.4 is 10.6 Å². The summed E-state index contributed by atoms with van der Waals surface area (Å²) in [6, 6.07) is 10.2. The van der Waals surface area contributed by atoms with Crippen molar-refractivity contribution in [3.8, 4) is 0 Å². The average molecular weight is 292 g/mol. The molecule has 0 saturated heterocycles. The molecule has 20 heavy (non-hydrogen) atoms. The number of nitrogens with one attached hydrogen (secondary N) is 2. The van der Waals surface area contributed by atoms with Gasteiger partial charge < -0.3 is 5.32 Å². The zero-order chi connectivity index (χ0) is 14.4. The van der Waals surface area contributed by atoms with Gasteiger partial charge in [0.1, 0.15) is 5.54 Å². The lowest BCUT2D eigenvalue weighted by Crippen LogP contribution is -2.59. The maximum atomic E-state index is 12.2. The molecule has 2 rings (SSSR count). The van der Waals surface area contributed by atoms with E-state index in [4.69, 9.17) is 0 Å². The highest BCUT2D eigenvalue weighted by Gasteiger charge is 2.49. The number of rotatable bonds is 8. The predicted octanol–water partition coefficient (Wildman–Crippen LogP) is 1.56. The molecule has 1 aliphatic rings. The van der Waals surface area contributed by atoms with Gasteiger partial charge in [0.15, 0.2) is 0 Å². The van der Waals surface area contributed by atoms with Crippen LogP contribution in [-0.2, 0) is 15.3 Å². The second-order valence-electron chi connectivity index (χ2n) is 5.07. The minimum atomic E-state index is -0.625. The van der Waals surface area contributed by atoms with Crippen LogP contribution >= 0.6 is 11.8 Å². The number of carbonyl (C=O) groups excluding carboxylic acids is 2. The van der Waals surface area contributed by atoms with Crippen LogP contribution in [0.15, 0.2) is 30.3 Å². The molecule has 1 aromatic carbocycles.